The van der Waals surface area contributed by atoms with Crippen LogP contribution in [0.4, 0.5) is 5.13 Å². The molecule has 0 unspecified atom stereocenters. The second-order valence-corrected chi connectivity index (χ2v) is 4.99. The molecule has 0 aliphatic heterocycles. The first-order valence-electron chi connectivity index (χ1n) is 6.04. The van der Waals surface area contributed by atoms with Crippen LogP contribution in [0.25, 0.3) is 0 Å². The number of Topliss-reactive ketones (excluding diaryl/α,β-unsaturated/α-hetero) is 1. The van der Waals surface area contributed by atoms with Crippen LogP contribution in [0.2, 0.25) is 0 Å². The van der Waals surface area contributed by atoms with Crippen molar-refractivity contribution in [2.45, 2.75) is 6.92 Å². The van der Waals surface area contributed by atoms with Crippen molar-refractivity contribution in [2.24, 2.45) is 0 Å². The topological polar surface area (TPSA) is 85.4 Å². The Labute approximate surface area is 124 Å². The van der Waals surface area contributed by atoms with Crippen molar-refractivity contribution in [3.63, 3.8) is 0 Å². The number of benzene rings is 1. The Morgan fingerprint density at radius 2 is 2.05 bits per heavy atom. The number of aromatic nitrogens is 1. The highest BCUT2D eigenvalue weighted by Crippen LogP contribution is 2.10. The zero-order valence-corrected chi connectivity index (χ0v) is 12.0. The van der Waals surface area contributed by atoms with E-state index in [1.54, 1.807) is 23.7 Å². The van der Waals surface area contributed by atoms with Gasteiger partial charge in [-0.15, -0.1) is 11.3 Å². The SMILES string of the molecule is CC(=O)c1cccc(C(=O)OCC(=O)Nc2nccs2)c1. The molecule has 2 rings (SSSR count). The molecule has 0 aliphatic carbocycles. The van der Waals surface area contributed by atoms with Crippen LogP contribution in [0.5, 0.6) is 0 Å². The van der Waals surface area contributed by atoms with Gasteiger partial charge in [0.1, 0.15) is 0 Å². The van der Waals surface area contributed by atoms with Crippen molar-refractivity contribution in [2.75, 3.05) is 11.9 Å². The van der Waals surface area contributed by atoms with E-state index in [4.69, 9.17) is 4.74 Å². The first kappa shape index (κ1) is 14.9. The second-order valence-electron chi connectivity index (χ2n) is 4.10. The quantitative estimate of drug-likeness (QED) is 0.675. The van der Waals surface area contributed by atoms with Gasteiger partial charge in [-0.2, -0.15) is 0 Å². The van der Waals surface area contributed by atoms with Gasteiger partial charge < -0.3 is 4.74 Å². The molecule has 0 fully saturated rings. The van der Waals surface area contributed by atoms with Crippen molar-refractivity contribution in [3.05, 3.63) is 47.0 Å². The summed E-state index contributed by atoms with van der Waals surface area (Å²) < 4.78 is 4.89. The standard InChI is InChI=1S/C14H12N2O4S/c1-9(17)10-3-2-4-11(7-10)13(19)20-8-12(18)16-14-15-5-6-21-14/h2-7H,8H2,1H3,(H,15,16,18). The minimum Gasteiger partial charge on any atom is -0.452 e. The highest BCUT2D eigenvalue weighted by Gasteiger charge is 2.12. The molecule has 0 bridgehead atoms. The van der Waals surface area contributed by atoms with E-state index in [0.29, 0.717) is 10.7 Å². The van der Waals surface area contributed by atoms with Crippen molar-refractivity contribution >= 4 is 34.1 Å². The minimum absolute atomic E-state index is 0.147. The number of nitrogens with zero attached hydrogens (tertiary/aromatic N) is 1. The largest absolute Gasteiger partial charge is 0.452 e. The van der Waals surface area contributed by atoms with Gasteiger partial charge in [0.15, 0.2) is 17.5 Å². The first-order chi connectivity index (χ1) is 10.1. The Bertz CT molecular complexity index is 667. The molecule has 0 saturated heterocycles. The Kier molecular flexibility index (Phi) is 4.78. The number of thiazole rings is 1. The summed E-state index contributed by atoms with van der Waals surface area (Å²) >= 11 is 1.27. The predicted molar refractivity (Wildman–Crippen MR) is 77.5 cm³/mol. The summed E-state index contributed by atoms with van der Waals surface area (Å²) in [7, 11) is 0. The molecule has 1 aromatic carbocycles. The number of ether oxygens (including phenoxy) is 1. The van der Waals surface area contributed by atoms with Crippen LogP contribution in [0.3, 0.4) is 0 Å². The number of ketones is 1. The molecule has 0 aliphatic rings. The van der Waals surface area contributed by atoms with Crippen LogP contribution in [0.1, 0.15) is 27.6 Å². The molecule has 1 aromatic heterocycles. The molecule has 0 atom stereocenters. The van der Waals surface area contributed by atoms with Gasteiger partial charge in [-0.1, -0.05) is 12.1 Å². The molecule has 21 heavy (non-hydrogen) atoms. The van der Waals surface area contributed by atoms with E-state index in [0.717, 1.165) is 0 Å². The summed E-state index contributed by atoms with van der Waals surface area (Å²) in [5, 5.41) is 4.65. The van der Waals surface area contributed by atoms with E-state index >= 15 is 0 Å². The van der Waals surface area contributed by atoms with E-state index in [1.165, 1.54) is 30.4 Å². The third kappa shape index (κ3) is 4.22. The molecule has 6 nitrogen and oxygen atoms in total. The van der Waals surface area contributed by atoms with Crippen molar-refractivity contribution < 1.29 is 19.1 Å². The van der Waals surface area contributed by atoms with Crippen molar-refractivity contribution in [3.8, 4) is 0 Å². The summed E-state index contributed by atoms with van der Waals surface area (Å²) in [6.07, 6.45) is 1.56. The Morgan fingerprint density at radius 1 is 1.29 bits per heavy atom. The normalized spacial score (nSPS) is 9.95. The number of rotatable bonds is 5. The number of carbonyl (C=O) groups is 3. The number of esters is 1. The maximum Gasteiger partial charge on any atom is 0.338 e. The first-order valence-corrected chi connectivity index (χ1v) is 6.91. The van der Waals surface area contributed by atoms with E-state index < -0.39 is 18.5 Å². The maximum absolute atomic E-state index is 11.8. The van der Waals surface area contributed by atoms with Gasteiger partial charge in [0, 0.05) is 17.1 Å². The zero-order valence-electron chi connectivity index (χ0n) is 11.2. The van der Waals surface area contributed by atoms with Crippen LogP contribution < -0.4 is 5.32 Å². The molecule has 0 saturated carbocycles. The number of carbonyl (C=O) groups excluding carboxylic acids is 3. The smallest absolute Gasteiger partial charge is 0.338 e. The second kappa shape index (κ2) is 6.76. The van der Waals surface area contributed by atoms with E-state index in [-0.39, 0.29) is 11.3 Å². The lowest BCUT2D eigenvalue weighted by molar-refractivity contribution is -0.119. The molecule has 1 N–H and O–H groups in total. The van der Waals surface area contributed by atoms with Gasteiger partial charge in [-0.05, 0) is 19.1 Å². The summed E-state index contributed by atoms with van der Waals surface area (Å²) in [5.74, 6) is -1.28. The Balaban J connectivity index is 1.91. The number of amides is 1. The van der Waals surface area contributed by atoms with Gasteiger partial charge in [0.25, 0.3) is 5.91 Å². The highest BCUT2D eigenvalue weighted by atomic mass is 32.1. The molecule has 108 valence electrons. The van der Waals surface area contributed by atoms with Gasteiger partial charge in [0.2, 0.25) is 0 Å². The molecule has 0 radical (unpaired) electrons. The molecule has 0 spiro atoms. The lowest BCUT2D eigenvalue weighted by atomic mass is 10.1. The monoisotopic (exact) mass is 304 g/mol. The van der Waals surface area contributed by atoms with E-state index in [2.05, 4.69) is 10.3 Å². The number of hydrogen-bond donors (Lipinski definition) is 1. The molecule has 1 heterocycles. The van der Waals surface area contributed by atoms with Crippen LogP contribution in [-0.4, -0.2) is 29.3 Å². The summed E-state index contributed by atoms with van der Waals surface area (Å²) in [5.41, 5.74) is 0.640. The zero-order chi connectivity index (χ0) is 15.2. The molecule has 2 aromatic rings. The highest BCUT2D eigenvalue weighted by molar-refractivity contribution is 7.13. The third-order valence-electron chi connectivity index (χ3n) is 2.52. The number of anilines is 1. The summed E-state index contributed by atoms with van der Waals surface area (Å²) in [6, 6.07) is 6.15. The summed E-state index contributed by atoms with van der Waals surface area (Å²) in [4.78, 5) is 38.5. The lowest BCUT2D eigenvalue weighted by Crippen LogP contribution is -2.20. The lowest BCUT2D eigenvalue weighted by Gasteiger charge is -2.05. The summed E-state index contributed by atoms with van der Waals surface area (Å²) in [6.45, 7) is 0.995. The number of nitrogens with one attached hydrogen (secondary N) is 1. The maximum atomic E-state index is 11.8. The van der Waals surface area contributed by atoms with Gasteiger partial charge in [-0.3, -0.25) is 14.9 Å². The van der Waals surface area contributed by atoms with Crippen LogP contribution in [-0.2, 0) is 9.53 Å². The Morgan fingerprint density at radius 3 is 2.71 bits per heavy atom. The van der Waals surface area contributed by atoms with Gasteiger partial charge in [0.05, 0.1) is 5.56 Å². The average Bonchev–Trinajstić information content (AvgIpc) is 2.97. The van der Waals surface area contributed by atoms with Crippen molar-refractivity contribution in [1.29, 1.82) is 0 Å². The van der Waals surface area contributed by atoms with Crippen LogP contribution in [0.15, 0.2) is 35.8 Å². The third-order valence-corrected chi connectivity index (χ3v) is 3.21. The molecular formula is C14H12N2O4S. The van der Waals surface area contributed by atoms with E-state index in [1.807, 2.05) is 0 Å². The van der Waals surface area contributed by atoms with Crippen LogP contribution >= 0.6 is 11.3 Å². The minimum atomic E-state index is -0.660. The number of hydrogen-bond acceptors (Lipinski definition) is 6. The fourth-order valence-corrected chi connectivity index (χ4v) is 2.07. The van der Waals surface area contributed by atoms with Crippen LogP contribution in [0, 0.1) is 0 Å². The Hall–Kier alpha value is -2.54. The van der Waals surface area contributed by atoms with Gasteiger partial charge in [-0.25, -0.2) is 9.78 Å². The van der Waals surface area contributed by atoms with E-state index in [9.17, 15) is 14.4 Å². The van der Waals surface area contributed by atoms with Crippen molar-refractivity contribution in [1.82, 2.24) is 4.98 Å². The predicted octanol–water partition coefficient (Wildman–Crippen LogP) is 2.14. The molecule has 1 amide bonds. The van der Waals surface area contributed by atoms with Gasteiger partial charge >= 0.3 is 5.97 Å². The fraction of sp³-hybridized carbons (Fsp3) is 0.143. The molecule has 7 heteroatoms. The fourth-order valence-electron chi connectivity index (χ4n) is 1.52. The molecular weight excluding hydrogens is 292 g/mol. The average molecular weight is 304 g/mol.